The Labute approximate surface area is 123 Å². The van der Waals surface area contributed by atoms with Crippen LogP contribution in [0.3, 0.4) is 0 Å². The Morgan fingerprint density at radius 1 is 1.30 bits per heavy atom. The van der Waals surface area contributed by atoms with E-state index in [1.165, 1.54) is 18.4 Å². The molecule has 0 amide bonds. The molecule has 0 N–H and O–H groups in total. The minimum absolute atomic E-state index is 0.264. The highest BCUT2D eigenvalue weighted by Crippen LogP contribution is 2.23. The zero-order chi connectivity index (χ0) is 14.5. The van der Waals surface area contributed by atoms with E-state index in [4.69, 9.17) is 0 Å². The van der Waals surface area contributed by atoms with E-state index in [2.05, 4.69) is 37.8 Å². The van der Waals surface area contributed by atoms with Gasteiger partial charge in [0.2, 0.25) is 0 Å². The molecule has 0 bridgehead atoms. The van der Waals surface area contributed by atoms with Gasteiger partial charge < -0.3 is 0 Å². The van der Waals surface area contributed by atoms with Crippen LogP contribution >= 0.6 is 0 Å². The lowest BCUT2D eigenvalue weighted by Crippen LogP contribution is -2.37. The first-order chi connectivity index (χ1) is 9.61. The van der Waals surface area contributed by atoms with E-state index in [0.29, 0.717) is 18.5 Å². The first-order valence-electron chi connectivity index (χ1n) is 7.98. The molecule has 2 heteroatoms. The predicted molar refractivity (Wildman–Crippen MR) is 84.2 cm³/mol. The van der Waals surface area contributed by atoms with Crippen molar-refractivity contribution in [2.45, 2.75) is 52.5 Å². The normalized spacial score (nSPS) is 19.7. The summed E-state index contributed by atoms with van der Waals surface area (Å²) in [5.74, 6) is 0.901. The molecule has 1 heterocycles. The van der Waals surface area contributed by atoms with Crippen molar-refractivity contribution in [2.24, 2.45) is 5.92 Å². The molecule has 1 fully saturated rings. The van der Waals surface area contributed by atoms with Gasteiger partial charge in [0.25, 0.3) is 0 Å². The zero-order valence-corrected chi connectivity index (χ0v) is 13.1. The fourth-order valence-electron chi connectivity index (χ4n) is 3.22. The van der Waals surface area contributed by atoms with Gasteiger partial charge in [0, 0.05) is 11.6 Å². The standard InChI is InChI=1S/C18H27NO/c1-4-6-15-8-10-16(11-9-15)18(20)13-19-12-5-7-17(19)14(2)3/h8-11,14,17H,4-7,12-13H2,1-3H3. The summed E-state index contributed by atoms with van der Waals surface area (Å²) < 4.78 is 0. The number of carbonyl (C=O) groups excluding carboxylic acids is 1. The molecule has 0 spiro atoms. The largest absolute Gasteiger partial charge is 0.293 e. The molecule has 2 rings (SSSR count). The van der Waals surface area contributed by atoms with Gasteiger partial charge in [-0.25, -0.2) is 0 Å². The van der Waals surface area contributed by atoms with Crippen LogP contribution in [0.1, 0.15) is 56.0 Å². The quantitative estimate of drug-likeness (QED) is 0.732. The van der Waals surface area contributed by atoms with Crippen LogP contribution in [0.5, 0.6) is 0 Å². The van der Waals surface area contributed by atoms with Gasteiger partial charge in [-0.3, -0.25) is 9.69 Å². The second kappa shape index (κ2) is 7.03. The molecular formula is C18H27NO. The van der Waals surface area contributed by atoms with E-state index in [0.717, 1.165) is 24.9 Å². The first-order valence-corrected chi connectivity index (χ1v) is 7.98. The van der Waals surface area contributed by atoms with E-state index in [-0.39, 0.29) is 5.78 Å². The Morgan fingerprint density at radius 3 is 2.60 bits per heavy atom. The molecule has 110 valence electrons. The summed E-state index contributed by atoms with van der Waals surface area (Å²) in [5, 5.41) is 0. The maximum Gasteiger partial charge on any atom is 0.176 e. The van der Waals surface area contributed by atoms with E-state index in [1.54, 1.807) is 0 Å². The minimum Gasteiger partial charge on any atom is -0.293 e. The number of likely N-dealkylation sites (tertiary alicyclic amines) is 1. The number of ketones is 1. The summed E-state index contributed by atoms with van der Waals surface area (Å²) in [6.07, 6.45) is 4.71. The SMILES string of the molecule is CCCc1ccc(C(=O)CN2CCCC2C(C)C)cc1. The molecule has 0 saturated carbocycles. The Morgan fingerprint density at radius 2 is 2.00 bits per heavy atom. The van der Waals surface area contributed by atoms with Crippen molar-refractivity contribution in [3.8, 4) is 0 Å². The molecule has 20 heavy (non-hydrogen) atoms. The van der Waals surface area contributed by atoms with Crippen LogP contribution in [-0.4, -0.2) is 29.8 Å². The molecule has 1 saturated heterocycles. The third-order valence-electron chi connectivity index (χ3n) is 4.35. The number of hydrogen-bond acceptors (Lipinski definition) is 2. The number of carbonyl (C=O) groups is 1. The van der Waals surface area contributed by atoms with E-state index in [1.807, 2.05) is 12.1 Å². The van der Waals surface area contributed by atoms with Gasteiger partial charge in [-0.1, -0.05) is 51.5 Å². The predicted octanol–water partition coefficient (Wildman–Crippen LogP) is 3.94. The van der Waals surface area contributed by atoms with Crippen LogP contribution in [0.4, 0.5) is 0 Å². The molecule has 1 aromatic rings. The average molecular weight is 273 g/mol. The van der Waals surface area contributed by atoms with Gasteiger partial charge in [0.05, 0.1) is 6.54 Å². The summed E-state index contributed by atoms with van der Waals surface area (Å²) in [6, 6.07) is 8.77. The van der Waals surface area contributed by atoms with Crippen LogP contribution < -0.4 is 0 Å². The van der Waals surface area contributed by atoms with Crippen LogP contribution in [0.25, 0.3) is 0 Å². The summed E-state index contributed by atoms with van der Waals surface area (Å²) in [7, 11) is 0. The maximum atomic E-state index is 12.4. The molecule has 0 radical (unpaired) electrons. The lowest BCUT2D eigenvalue weighted by Gasteiger charge is -2.26. The summed E-state index contributed by atoms with van der Waals surface area (Å²) in [4.78, 5) is 14.8. The van der Waals surface area contributed by atoms with E-state index >= 15 is 0 Å². The summed E-state index contributed by atoms with van der Waals surface area (Å²) in [5.41, 5.74) is 2.18. The van der Waals surface area contributed by atoms with Crippen molar-refractivity contribution in [1.29, 1.82) is 0 Å². The van der Waals surface area contributed by atoms with Crippen LogP contribution in [-0.2, 0) is 6.42 Å². The molecule has 2 nitrogen and oxygen atoms in total. The third-order valence-corrected chi connectivity index (χ3v) is 4.35. The highest BCUT2D eigenvalue weighted by atomic mass is 16.1. The van der Waals surface area contributed by atoms with E-state index < -0.39 is 0 Å². The summed E-state index contributed by atoms with van der Waals surface area (Å²) in [6.45, 7) is 8.34. The first kappa shape index (κ1) is 15.2. The van der Waals surface area contributed by atoms with Crippen molar-refractivity contribution in [2.75, 3.05) is 13.1 Å². The third kappa shape index (κ3) is 3.69. The van der Waals surface area contributed by atoms with Crippen molar-refractivity contribution in [3.63, 3.8) is 0 Å². The smallest absolute Gasteiger partial charge is 0.176 e. The van der Waals surface area contributed by atoms with Gasteiger partial charge >= 0.3 is 0 Å². The Bertz CT molecular complexity index is 435. The van der Waals surface area contributed by atoms with Crippen LogP contribution in [0.15, 0.2) is 24.3 Å². The number of aryl methyl sites for hydroxylation is 1. The fourth-order valence-corrected chi connectivity index (χ4v) is 3.22. The molecule has 1 unspecified atom stereocenters. The molecule has 0 aromatic heterocycles. The molecule has 1 atom stereocenters. The highest BCUT2D eigenvalue weighted by molar-refractivity contribution is 5.97. The maximum absolute atomic E-state index is 12.4. The molecule has 1 aliphatic heterocycles. The van der Waals surface area contributed by atoms with Crippen molar-refractivity contribution >= 4 is 5.78 Å². The Balaban J connectivity index is 1.97. The topological polar surface area (TPSA) is 20.3 Å². The van der Waals surface area contributed by atoms with Gasteiger partial charge in [-0.2, -0.15) is 0 Å². The zero-order valence-electron chi connectivity index (χ0n) is 13.1. The Kier molecular flexibility index (Phi) is 5.36. The molecule has 1 aliphatic rings. The number of Topliss-reactive ketones (excluding diaryl/α,β-unsaturated/α-hetero) is 1. The van der Waals surface area contributed by atoms with E-state index in [9.17, 15) is 4.79 Å². The van der Waals surface area contributed by atoms with Crippen molar-refractivity contribution < 1.29 is 4.79 Å². The number of nitrogens with zero attached hydrogens (tertiary/aromatic N) is 1. The monoisotopic (exact) mass is 273 g/mol. The van der Waals surface area contributed by atoms with Gasteiger partial charge in [0.1, 0.15) is 0 Å². The Hall–Kier alpha value is -1.15. The minimum atomic E-state index is 0.264. The molecule has 0 aliphatic carbocycles. The fraction of sp³-hybridized carbons (Fsp3) is 0.611. The van der Waals surface area contributed by atoms with Gasteiger partial charge in [-0.15, -0.1) is 0 Å². The van der Waals surface area contributed by atoms with Crippen LogP contribution in [0, 0.1) is 5.92 Å². The number of rotatable bonds is 6. The summed E-state index contributed by atoms with van der Waals surface area (Å²) >= 11 is 0. The van der Waals surface area contributed by atoms with Gasteiger partial charge in [0.15, 0.2) is 5.78 Å². The lowest BCUT2D eigenvalue weighted by molar-refractivity contribution is 0.0904. The average Bonchev–Trinajstić information content (AvgIpc) is 2.88. The second-order valence-electron chi connectivity index (χ2n) is 6.29. The highest BCUT2D eigenvalue weighted by Gasteiger charge is 2.28. The van der Waals surface area contributed by atoms with Crippen molar-refractivity contribution in [3.05, 3.63) is 35.4 Å². The van der Waals surface area contributed by atoms with Gasteiger partial charge in [-0.05, 0) is 37.3 Å². The molecule has 1 aromatic carbocycles. The van der Waals surface area contributed by atoms with Crippen molar-refractivity contribution in [1.82, 2.24) is 4.90 Å². The van der Waals surface area contributed by atoms with Crippen LogP contribution in [0.2, 0.25) is 0 Å². The number of benzene rings is 1. The number of hydrogen-bond donors (Lipinski definition) is 0. The lowest BCUT2D eigenvalue weighted by atomic mass is 10.0. The second-order valence-corrected chi connectivity index (χ2v) is 6.29. The molecular weight excluding hydrogens is 246 g/mol.